The van der Waals surface area contributed by atoms with E-state index in [4.69, 9.17) is 16.3 Å². The third-order valence-corrected chi connectivity index (χ3v) is 3.55. The van der Waals surface area contributed by atoms with Crippen LogP contribution in [0.1, 0.15) is 5.56 Å². The molecule has 20 heavy (non-hydrogen) atoms. The molecule has 106 valence electrons. The Morgan fingerprint density at radius 1 is 1.25 bits per heavy atom. The van der Waals surface area contributed by atoms with Crippen LogP contribution < -0.4 is 9.64 Å². The summed E-state index contributed by atoms with van der Waals surface area (Å²) in [4.78, 5) is 10.6. The Morgan fingerprint density at radius 2 is 1.95 bits per heavy atom. The lowest BCUT2D eigenvalue weighted by Crippen LogP contribution is -2.18. The fraction of sp³-hybridized carbons (Fsp3) is 0.286. The molecule has 0 N–H and O–H groups in total. The summed E-state index contributed by atoms with van der Waals surface area (Å²) in [6.07, 6.45) is 1.93. The molecule has 0 saturated carbocycles. The van der Waals surface area contributed by atoms with E-state index in [0.29, 0.717) is 10.3 Å². The molecule has 0 bridgehead atoms. The zero-order valence-corrected chi connectivity index (χ0v) is 13.2. The number of methoxy groups -OCH3 is 1. The van der Waals surface area contributed by atoms with E-state index in [1.165, 1.54) is 17.3 Å². The van der Waals surface area contributed by atoms with Gasteiger partial charge in [-0.05, 0) is 24.0 Å². The highest BCUT2D eigenvalue weighted by Crippen LogP contribution is 2.21. The summed E-state index contributed by atoms with van der Waals surface area (Å²) in [5.74, 6) is 1.66. The summed E-state index contributed by atoms with van der Waals surface area (Å²) in [5, 5.41) is 1.13. The zero-order chi connectivity index (χ0) is 14.5. The Labute approximate surface area is 128 Å². The predicted octanol–water partition coefficient (Wildman–Crippen LogP) is 3.50. The van der Waals surface area contributed by atoms with Gasteiger partial charge in [-0.25, -0.2) is 9.97 Å². The summed E-state index contributed by atoms with van der Waals surface area (Å²) in [5.41, 5.74) is 1.17. The molecule has 0 saturated heterocycles. The van der Waals surface area contributed by atoms with Gasteiger partial charge in [0, 0.05) is 19.7 Å². The molecule has 0 aliphatic heterocycles. The van der Waals surface area contributed by atoms with E-state index in [1.807, 2.05) is 42.5 Å². The highest BCUT2D eigenvalue weighted by atomic mass is 35.5. The number of nitrogens with zero attached hydrogens (tertiary/aromatic N) is 3. The Morgan fingerprint density at radius 3 is 2.55 bits per heavy atom. The van der Waals surface area contributed by atoms with Crippen LogP contribution in [0.2, 0.25) is 5.15 Å². The lowest BCUT2D eigenvalue weighted by molar-refractivity contribution is 0.414. The van der Waals surface area contributed by atoms with Crippen molar-refractivity contribution in [1.29, 1.82) is 0 Å². The molecular weight excluding hydrogens is 294 g/mol. The van der Waals surface area contributed by atoms with Crippen LogP contribution in [0.25, 0.3) is 0 Å². The first-order valence-electron chi connectivity index (χ1n) is 6.05. The van der Waals surface area contributed by atoms with Crippen LogP contribution in [0.15, 0.2) is 35.5 Å². The lowest BCUT2D eigenvalue weighted by atomic mass is 10.2. The average Bonchev–Trinajstić information content (AvgIpc) is 2.47. The minimum Gasteiger partial charge on any atom is -0.497 e. The van der Waals surface area contributed by atoms with Gasteiger partial charge in [-0.2, -0.15) is 0 Å². The number of anilines is 1. The fourth-order valence-electron chi connectivity index (χ4n) is 1.76. The fourth-order valence-corrected chi connectivity index (χ4v) is 2.36. The van der Waals surface area contributed by atoms with E-state index >= 15 is 0 Å². The molecule has 1 aromatic heterocycles. The monoisotopic (exact) mass is 309 g/mol. The van der Waals surface area contributed by atoms with Crippen LogP contribution in [0.5, 0.6) is 5.75 Å². The van der Waals surface area contributed by atoms with Gasteiger partial charge in [-0.3, -0.25) is 0 Å². The van der Waals surface area contributed by atoms with Crippen molar-refractivity contribution in [2.45, 2.75) is 11.7 Å². The van der Waals surface area contributed by atoms with Crippen molar-refractivity contribution in [3.8, 4) is 5.75 Å². The van der Waals surface area contributed by atoms with Gasteiger partial charge in [0.15, 0.2) is 5.16 Å². The van der Waals surface area contributed by atoms with Gasteiger partial charge in [-0.1, -0.05) is 35.5 Å². The molecule has 0 fully saturated rings. The largest absolute Gasteiger partial charge is 0.497 e. The van der Waals surface area contributed by atoms with Gasteiger partial charge >= 0.3 is 0 Å². The van der Waals surface area contributed by atoms with Gasteiger partial charge < -0.3 is 9.64 Å². The highest BCUT2D eigenvalue weighted by Gasteiger charge is 2.08. The number of hydrogen-bond donors (Lipinski definition) is 0. The molecule has 4 nitrogen and oxygen atoms in total. The van der Waals surface area contributed by atoms with Crippen molar-refractivity contribution in [2.75, 3.05) is 25.3 Å². The van der Waals surface area contributed by atoms with Crippen molar-refractivity contribution in [2.24, 2.45) is 0 Å². The van der Waals surface area contributed by atoms with Gasteiger partial charge in [0.1, 0.15) is 16.7 Å². The molecule has 1 aromatic carbocycles. The standard InChI is InChI=1S/C14H16ClN3OS/c1-18(9-10-4-6-11(19-2)7-5-10)13-8-12(15)16-14(17-13)20-3/h4-8H,9H2,1-3H3. The van der Waals surface area contributed by atoms with Crippen LogP contribution in [0.4, 0.5) is 5.82 Å². The number of halogens is 1. The normalized spacial score (nSPS) is 10.4. The molecule has 0 atom stereocenters. The summed E-state index contributed by atoms with van der Waals surface area (Å²) < 4.78 is 5.15. The van der Waals surface area contributed by atoms with Crippen molar-refractivity contribution < 1.29 is 4.74 Å². The third kappa shape index (κ3) is 3.77. The maximum absolute atomic E-state index is 6.01. The SMILES string of the molecule is COc1ccc(CN(C)c2cc(Cl)nc(SC)n2)cc1. The van der Waals surface area contributed by atoms with Crippen molar-refractivity contribution in [3.63, 3.8) is 0 Å². The lowest BCUT2D eigenvalue weighted by Gasteiger charge is -2.19. The highest BCUT2D eigenvalue weighted by molar-refractivity contribution is 7.98. The number of rotatable bonds is 5. The van der Waals surface area contributed by atoms with Crippen molar-refractivity contribution in [1.82, 2.24) is 9.97 Å². The summed E-state index contributed by atoms with van der Waals surface area (Å²) >= 11 is 7.48. The van der Waals surface area contributed by atoms with E-state index in [9.17, 15) is 0 Å². The van der Waals surface area contributed by atoms with Crippen LogP contribution in [-0.2, 0) is 6.54 Å². The van der Waals surface area contributed by atoms with E-state index in [1.54, 1.807) is 13.2 Å². The summed E-state index contributed by atoms with van der Waals surface area (Å²) in [6, 6.07) is 9.74. The van der Waals surface area contributed by atoms with Gasteiger partial charge in [0.05, 0.1) is 7.11 Å². The first-order chi connectivity index (χ1) is 9.62. The number of ether oxygens (including phenoxy) is 1. The molecule has 0 aliphatic carbocycles. The first-order valence-corrected chi connectivity index (χ1v) is 7.65. The second-order valence-corrected chi connectivity index (χ2v) is 5.40. The van der Waals surface area contributed by atoms with Gasteiger partial charge in [0.2, 0.25) is 0 Å². The number of aromatic nitrogens is 2. The van der Waals surface area contributed by atoms with Crippen LogP contribution in [0.3, 0.4) is 0 Å². The van der Waals surface area contributed by atoms with E-state index < -0.39 is 0 Å². The predicted molar refractivity (Wildman–Crippen MR) is 83.9 cm³/mol. The quantitative estimate of drug-likeness (QED) is 0.480. The molecule has 0 spiro atoms. The third-order valence-electron chi connectivity index (χ3n) is 2.81. The van der Waals surface area contributed by atoms with E-state index in [0.717, 1.165) is 18.1 Å². The number of benzene rings is 1. The van der Waals surface area contributed by atoms with Crippen LogP contribution in [-0.4, -0.2) is 30.4 Å². The Balaban J connectivity index is 2.14. The zero-order valence-electron chi connectivity index (χ0n) is 11.6. The molecular formula is C14H16ClN3OS. The van der Waals surface area contributed by atoms with Crippen LogP contribution >= 0.6 is 23.4 Å². The molecule has 2 rings (SSSR count). The molecule has 0 radical (unpaired) electrons. The molecule has 2 aromatic rings. The van der Waals surface area contributed by atoms with Gasteiger partial charge in [0.25, 0.3) is 0 Å². The van der Waals surface area contributed by atoms with Gasteiger partial charge in [-0.15, -0.1) is 0 Å². The maximum Gasteiger partial charge on any atom is 0.190 e. The second-order valence-electron chi connectivity index (χ2n) is 4.24. The molecule has 1 heterocycles. The number of hydrogen-bond acceptors (Lipinski definition) is 5. The van der Waals surface area contributed by atoms with E-state index in [-0.39, 0.29) is 0 Å². The minimum atomic E-state index is 0.459. The number of thioether (sulfide) groups is 1. The van der Waals surface area contributed by atoms with E-state index in [2.05, 4.69) is 9.97 Å². The molecule has 0 unspecified atom stereocenters. The van der Waals surface area contributed by atoms with Crippen LogP contribution in [0, 0.1) is 0 Å². The van der Waals surface area contributed by atoms with Crippen molar-refractivity contribution >= 4 is 29.2 Å². The average molecular weight is 310 g/mol. The summed E-state index contributed by atoms with van der Waals surface area (Å²) in [6.45, 7) is 0.741. The smallest absolute Gasteiger partial charge is 0.190 e. The summed E-state index contributed by atoms with van der Waals surface area (Å²) in [7, 11) is 3.64. The topological polar surface area (TPSA) is 38.2 Å². The Hall–Kier alpha value is -1.46. The molecule has 6 heteroatoms. The maximum atomic E-state index is 6.01. The molecule has 0 aliphatic rings. The molecule has 0 amide bonds. The first kappa shape index (κ1) is 14.9. The Bertz CT molecular complexity index is 577. The second kappa shape index (κ2) is 6.81. The van der Waals surface area contributed by atoms with Crippen molar-refractivity contribution in [3.05, 3.63) is 41.0 Å². The minimum absolute atomic E-state index is 0.459. The Kier molecular flexibility index (Phi) is 5.09.